The van der Waals surface area contributed by atoms with Crippen molar-refractivity contribution in [3.05, 3.63) is 24.3 Å². The molecule has 1 aromatic carbocycles. The van der Waals surface area contributed by atoms with Gasteiger partial charge in [-0.3, -0.25) is 0 Å². The van der Waals surface area contributed by atoms with Gasteiger partial charge < -0.3 is 10.2 Å². The van der Waals surface area contributed by atoms with E-state index in [2.05, 4.69) is 46.2 Å². The highest BCUT2D eigenvalue weighted by atomic mass is 32.2. The summed E-state index contributed by atoms with van der Waals surface area (Å²) in [7, 11) is 0. The Kier molecular flexibility index (Phi) is 3.99. The van der Waals surface area contributed by atoms with Crippen LogP contribution in [0.1, 0.15) is 25.7 Å². The average molecular weight is 262 g/mol. The Morgan fingerprint density at radius 2 is 1.89 bits per heavy atom. The summed E-state index contributed by atoms with van der Waals surface area (Å²) in [5.74, 6) is 2.62. The number of nitrogens with zero attached hydrogens (tertiary/aromatic N) is 1. The molecular formula is C15H22N2S. The summed E-state index contributed by atoms with van der Waals surface area (Å²) in [6.45, 7) is 2.45. The molecule has 2 nitrogen and oxygen atoms in total. The Bertz CT molecular complexity index is 382. The minimum atomic E-state index is 0.681. The normalized spacial score (nSPS) is 21.2. The van der Waals surface area contributed by atoms with Crippen LogP contribution in [0.4, 0.5) is 11.4 Å². The molecule has 0 aliphatic carbocycles. The van der Waals surface area contributed by atoms with Crippen LogP contribution in [-0.2, 0) is 0 Å². The van der Waals surface area contributed by atoms with Gasteiger partial charge in [-0.05, 0) is 55.4 Å². The van der Waals surface area contributed by atoms with E-state index in [0.717, 1.165) is 0 Å². The molecule has 0 radical (unpaired) electrons. The van der Waals surface area contributed by atoms with Crippen molar-refractivity contribution in [2.75, 3.05) is 34.8 Å². The van der Waals surface area contributed by atoms with Crippen LogP contribution in [0, 0.1) is 0 Å². The van der Waals surface area contributed by atoms with Gasteiger partial charge in [0, 0.05) is 30.5 Å². The van der Waals surface area contributed by atoms with E-state index >= 15 is 0 Å². The summed E-state index contributed by atoms with van der Waals surface area (Å²) in [6.07, 6.45) is 5.30. The second-order valence-corrected chi connectivity index (χ2v) is 6.50. The lowest BCUT2D eigenvalue weighted by atomic mass is 10.1. The van der Waals surface area contributed by atoms with Crippen molar-refractivity contribution in [3.8, 4) is 0 Å². The van der Waals surface area contributed by atoms with Crippen LogP contribution in [0.5, 0.6) is 0 Å². The smallest absolute Gasteiger partial charge is 0.0386 e. The van der Waals surface area contributed by atoms with E-state index in [-0.39, 0.29) is 0 Å². The third kappa shape index (κ3) is 2.94. The zero-order valence-corrected chi connectivity index (χ0v) is 11.7. The van der Waals surface area contributed by atoms with Crippen LogP contribution in [0.2, 0.25) is 0 Å². The van der Waals surface area contributed by atoms with Gasteiger partial charge in [0.05, 0.1) is 0 Å². The number of thioether (sulfide) groups is 1. The Morgan fingerprint density at radius 1 is 1.11 bits per heavy atom. The van der Waals surface area contributed by atoms with Gasteiger partial charge in [-0.15, -0.1) is 0 Å². The summed E-state index contributed by atoms with van der Waals surface area (Å²) in [4.78, 5) is 2.50. The molecule has 0 unspecified atom stereocenters. The molecular weight excluding hydrogens is 240 g/mol. The van der Waals surface area contributed by atoms with Crippen molar-refractivity contribution >= 4 is 23.1 Å². The second-order valence-electron chi connectivity index (χ2n) is 5.28. The van der Waals surface area contributed by atoms with E-state index in [1.54, 1.807) is 0 Å². The first-order chi connectivity index (χ1) is 8.92. The summed E-state index contributed by atoms with van der Waals surface area (Å²) in [6, 6.07) is 9.65. The third-order valence-electron chi connectivity index (χ3n) is 3.91. The van der Waals surface area contributed by atoms with E-state index in [4.69, 9.17) is 0 Å². The molecule has 0 atom stereocenters. The maximum atomic E-state index is 3.70. The molecule has 0 aromatic heterocycles. The van der Waals surface area contributed by atoms with E-state index in [0.29, 0.717) is 6.04 Å². The lowest BCUT2D eigenvalue weighted by molar-refractivity contribution is 0.667. The van der Waals surface area contributed by atoms with Gasteiger partial charge in [-0.25, -0.2) is 0 Å². The summed E-state index contributed by atoms with van der Waals surface area (Å²) in [5, 5.41) is 3.70. The molecule has 2 saturated heterocycles. The molecule has 3 heteroatoms. The Labute approximate surface area is 114 Å². The molecule has 0 amide bonds. The van der Waals surface area contributed by atoms with Crippen molar-refractivity contribution in [2.24, 2.45) is 0 Å². The molecule has 2 aliphatic rings. The SMILES string of the molecule is c1cc(NC2CCSCC2)cc(N2CCCC2)c1. The molecule has 0 saturated carbocycles. The van der Waals surface area contributed by atoms with Crippen molar-refractivity contribution in [2.45, 2.75) is 31.7 Å². The largest absolute Gasteiger partial charge is 0.382 e. The van der Waals surface area contributed by atoms with Crippen molar-refractivity contribution in [1.82, 2.24) is 0 Å². The molecule has 0 bridgehead atoms. The number of anilines is 2. The predicted molar refractivity (Wildman–Crippen MR) is 81.9 cm³/mol. The quantitative estimate of drug-likeness (QED) is 0.896. The second kappa shape index (κ2) is 5.87. The average Bonchev–Trinajstić information content (AvgIpc) is 2.94. The van der Waals surface area contributed by atoms with Crippen LogP contribution >= 0.6 is 11.8 Å². The summed E-state index contributed by atoms with van der Waals surface area (Å²) < 4.78 is 0. The van der Waals surface area contributed by atoms with E-state index < -0.39 is 0 Å². The fourth-order valence-electron chi connectivity index (χ4n) is 2.85. The highest BCUT2D eigenvalue weighted by molar-refractivity contribution is 7.99. The number of hydrogen-bond acceptors (Lipinski definition) is 3. The highest BCUT2D eigenvalue weighted by Crippen LogP contribution is 2.26. The van der Waals surface area contributed by atoms with Crippen LogP contribution < -0.4 is 10.2 Å². The van der Waals surface area contributed by atoms with Gasteiger partial charge in [0.15, 0.2) is 0 Å². The van der Waals surface area contributed by atoms with Gasteiger partial charge in [0.25, 0.3) is 0 Å². The Morgan fingerprint density at radius 3 is 2.67 bits per heavy atom. The third-order valence-corrected chi connectivity index (χ3v) is 4.96. The molecule has 1 aromatic rings. The van der Waals surface area contributed by atoms with E-state index in [9.17, 15) is 0 Å². The van der Waals surface area contributed by atoms with Crippen LogP contribution in [0.15, 0.2) is 24.3 Å². The van der Waals surface area contributed by atoms with Gasteiger partial charge >= 0.3 is 0 Å². The zero-order valence-electron chi connectivity index (χ0n) is 10.9. The van der Waals surface area contributed by atoms with E-state index in [1.165, 1.54) is 61.7 Å². The molecule has 2 heterocycles. The minimum Gasteiger partial charge on any atom is -0.382 e. The van der Waals surface area contributed by atoms with E-state index in [1.807, 2.05) is 0 Å². The lowest BCUT2D eigenvalue weighted by Gasteiger charge is -2.25. The number of benzene rings is 1. The van der Waals surface area contributed by atoms with Crippen molar-refractivity contribution in [1.29, 1.82) is 0 Å². The first kappa shape index (κ1) is 12.2. The first-order valence-electron chi connectivity index (χ1n) is 7.11. The van der Waals surface area contributed by atoms with Crippen LogP contribution in [-0.4, -0.2) is 30.6 Å². The highest BCUT2D eigenvalue weighted by Gasteiger charge is 2.15. The summed E-state index contributed by atoms with van der Waals surface area (Å²) in [5.41, 5.74) is 2.69. The summed E-state index contributed by atoms with van der Waals surface area (Å²) >= 11 is 2.08. The van der Waals surface area contributed by atoms with Crippen LogP contribution in [0.3, 0.4) is 0 Å². The van der Waals surface area contributed by atoms with Crippen molar-refractivity contribution in [3.63, 3.8) is 0 Å². The lowest BCUT2D eigenvalue weighted by Crippen LogP contribution is -2.24. The molecule has 0 spiro atoms. The van der Waals surface area contributed by atoms with Gasteiger partial charge in [-0.1, -0.05) is 6.07 Å². The van der Waals surface area contributed by atoms with Gasteiger partial charge in [0.1, 0.15) is 0 Å². The molecule has 1 N–H and O–H groups in total. The minimum absolute atomic E-state index is 0.681. The molecule has 18 heavy (non-hydrogen) atoms. The monoisotopic (exact) mass is 262 g/mol. The van der Waals surface area contributed by atoms with Gasteiger partial charge in [-0.2, -0.15) is 11.8 Å². The molecule has 98 valence electrons. The first-order valence-corrected chi connectivity index (χ1v) is 8.26. The van der Waals surface area contributed by atoms with Crippen LogP contribution in [0.25, 0.3) is 0 Å². The number of nitrogens with one attached hydrogen (secondary N) is 1. The topological polar surface area (TPSA) is 15.3 Å². The zero-order chi connectivity index (χ0) is 12.2. The fraction of sp³-hybridized carbons (Fsp3) is 0.600. The standard InChI is InChI=1S/C15H22N2S/c1-2-9-17(8-1)15-5-3-4-14(12-15)16-13-6-10-18-11-7-13/h3-5,12-13,16H,1-2,6-11H2. The maximum Gasteiger partial charge on any atom is 0.0386 e. The number of hydrogen-bond donors (Lipinski definition) is 1. The molecule has 3 rings (SSSR count). The molecule has 2 fully saturated rings. The van der Waals surface area contributed by atoms with Gasteiger partial charge in [0.2, 0.25) is 0 Å². The predicted octanol–water partition coefficient (Wildman–Crippen LogP) is 3.59. The fourth-order valence-corrected chi connectivity index (χ4v) is 3.95. The number of rotatable bonds is 3. The maximum absolute atomic E-state index is 3.70. The Balaban J connectivity index is 1.66. The molecule has 2 aliphatic heterocycles. The Hall–Kier alpha value is -0.830. The van der Waals surface area contributed by atoms with Crippen molar-refractivity contribution < 1.29 is 0 Å².